The second-order valence-electron chi connectivity index (χ2n) is 5.30. The lowest BCUT2D eigenvalue weighted by atomic mass is 10.1. The molecule has 0 saturated carbocycles. The minimum Gasteiger partial charge on any atom is -0.320 e. The third-order valence-electron chi connectivity index (χ3n) is 3.52. The molecule has 1 amide bonds. The lowest BCUT2D eigenvalue weighted by Gasteiger charge is -2.11. The van der Waals surface area contributed by atoms with Crippen LogP contribution in [0.2, 0.25) is 0 Å². The molecule has 0 spiro atoms. The van der Waals surface area contributed by atoms with E-state index in [0.29, 0.717) is 16.8 Å². The van der Waals surface area contributed by atoms with Crippen molar-refractivity contribution in [3.8, 4) is 0 Å². The van der Waals surface area contributed by atoms with Crippen LogP contribution in [0.4, 0.5) is 18.9 Å². The molecule has 3 rings (SSSR count). The van der Waals surface area contributed by atoms with E-state index in [0.717, 1.165) is 10.8 Å². The van der Waals surface area contributed by atoms with Gasteiger partial charge in [0.15, 0.2) is 0 Å². The molecule has 0 atom stereocenters. The van der Waals surface area contributed by atoms with Crippen LogP contribution in [0, 0.1) is 0 Å². The number of nitrogens with zero attached hydrogens (tertiary/aromatic N) is 1. The van der Waals surface area contributed by atoms with Crippen molar-refractivity contribution in [2.24, 2.45) is 0 Å². The smallest absolute Gasteiger partial charge is 0.320 e. The van der Waals surface area contributed by atoms with Gasteiger partial charge in [-0.05, 0) is 34.9 Å². The van der Waals surface area contributed by atoms with Gasteiger partial charge in [-0.15, -0.1) is 0 Å². The van der Waals surface area contributed by atoms with Gasteiger partial charge in [-0.3, -0.25) is 9.78 Å². The first kappa shape index (κ1) is 18.0. The molecule has 1 N–H and O–H groups in total. The Morgan fingerprint density at radius 1 is 1.00 bits per heavy atom. The summed E-state index contributed by atoms with van der Waals surface area (Å²) in [5.74, 6) is -0.633. The summed E-state index contributed by atoms with van der Waals surface area (Å²) in [4.78, 5) is 16.9. The van der Waals surface area contributed by atoms with Crippen LogP contribution in [0.25, 0.3) is 16.5 Å². The molecule has 1 heterocycles. The summed E-state index contributed by atoms with van der Waals surface area (Å²) in [5, 5.41) is 4.31. The van der Waals surface area contributed by atoms with Crippen LogP contribution >= 0.6 is 11.8 Å². The molecule has 3 nitrogen and oxygen atoms in total. The van der Waals surface area contributed by atoms with E-state index in [1.165, 1.54) is 0 Å². The van der Waals surface area contributed by atoms with Gasteiger partial charge in [-0.1, -0.05) is 48.5 Å². The highest BCUT2D eigenvalue weighted by Gasteiger charge is 2.28. The molecule has 1 aromatic heterocycles. The summed E-state index contributed by atoms with van der Waals surface area (Å²) < 4.78 is 37.8. The van der Waals surface area contributed by atoms with Crippen LogP contribution in [0.3, 0.4) is 0 Å². The van der Waals surface area contributed by atoms with Gasteiger partial charge in [0.25, 0.3) is 5.91 Å². The summed E-state index contributed by atoms with van der Waals surface area (Å²) in [6, 6.07) is 17.1. The highest BCUT2D eigenvalue weighted by atomic mass is 32.2. The van der Waals surface area contributed by atoms with Crippen molar-refractivity contribution >= 4 is 39.8 Å². The Balaban J connectivity index is 1.95. The normalized spacial score (nSPS) is 12.2. The van der Waals surface area contributed by atoms with E-state index < -0.39 is 11.4 Å². The first-order chi connectivity index (χ1) is 12.4. The van der Waals surface area contributed by atoms with E-state index in [1.807, 2.05) is 12.1 Å². The summed E-state index contributed by atoms with van der Waals surface area (Å²) in [5.41, 5.74) is -3.14. The fourth-order valence-electron chi connectivity index (χ4n) is 2.39. The highest BCUT2D eigenvalue weighted by molar-refractivity contribution is 8.03. The molecule has 0 radical (unpaired) electrons. The minimum atomic E-state index is -4.47. The van der Waals surface area contributed by atoms with Crippen LogP contribution in [0.1, 0.15) is 5.56 Å². The number of aromatic nitrogens is 1. The van der Waals surface area contributed by atoms with Crippen molar-refractivity contribution in [2.75, 3.05) is 5.32 Å². The zero-order chi connectivity index (χ0) is 18.6. The number of rotatable bonds is 4. The van der Waals surface area contributed by atoms with Gasteiger partial charge in [0.2, 0.25) is 0 Å². The topological polar surface area (TPSA) is 42.0 Å². The van der Waals surface area contributed by atoms with E-state index in [9.17, 15) is 18.0 Å². The first-order valence-corrected chi connectivity index (χ1v) is 8.47. The molecular weight excluding hydrogens is 361 g/mol. The first-order valence-electron chi connectivity index (χ1n) is 7.59. The molecule has 26 heavy (non-hydrogen) atoms. The number of thioether (sulfide) groups is 1. The van der Waals surface area contributed by atoms with Crippen molar-refractivity contribution in [3.63, 3.8) is 0 Å². The van der Waals surface area contributed by atoms with E-state index >= 15 is 0 Å². The van der Waals surface area contributed by atoms with Gasteiger partial charge in [0.1, 0.15) is 0 Å². The number of fused-ring (bicyclic) bond motifs is 1. The fourth-order valence-corrected chi connectivity index (χ4v) is 2.89. The molecule has 0 aliphatic heterocycles. The average molecular weight is 374 g/mol. The third kappa shape index (κ3) is 4.43. The Bertz CT molecular complexity index is 950. The van der Waals surface area contributed by atoms with Crippen LogP contribution < -0.4 is 5.32 Å². The number of alkyl halides is 3. The predicted octanol–water partition coefficient (Wildman–Crippen LogP) is 5.47. The third-order valence-corrected chi connectivity index (χ3v) is 4.14. The molecule has 0 unspecified atom stereocenters. The van der Waals surface area contributed by atoms with Gasteiger partial charge in [-0.2, -0.15) is 13.2 Å². The molecule has 0 fully saturated rings. The van der Waals surface area contributed by atoms with E-state index in [1.54, 1.807) is 54.7 Å². The van der Waals surface area contributed by atoms with Crippen LogP contribution in [-0.2, 0) is 4.79 Å². The molecule has 3 aromatic rings. The van der Waals surface area contributed by atoms with Crippen molar-refractivity contribution in [3.05, 3.63) is 77.8 Å². The second-order valence-corrected chi connectivity index (χ2v) is 6.23. The maximum absolute atomic E-state index is 12.7. The summed E-state index contributed by atoms with van der Waals surface area (Å²) in [6.45, 7) is 0. The average Bonchev–Trinajstić information content (AvgIpc) is 2.62. The number of hydrogen-bond donors (Lipinski definition) is 1. The minimum absolute atomic E-state index is 0.0686. The number of anilines is 1. The number of pyridine rings is 1. The monoisotopic (exact) mass is 374 g/mol. The molecule has 132 valence electrons. The predicted molar refractivity (Wildman–Crippen MR) is 98.4 cm³/mol. The van der Waals surface area contributed by atoms with Crippen LogP contribution in [0.15, 0.2) is 72.3 Å². The second kappa shape index (κ2) is 7.61. The lowest BCUT2D eigenvalue weighted by molar-refractivity contribution is -0.111. The fraction of sp³-hybridized carbons (Fsp3) is 0.0526. The number of halogens is 3. The van der Waals surface area contributed by atoms with Crippen LogP contribution in [-0.4, -0.2) is 16.4 Å². The summed E-state index contributed by atoms with van der Waals surface area (Å²) in [6.07, 6.45) is 1.59. The Morgan fingerprint density at radius 3 is 2.46 bits per heavy atom. The standard InChI is InChI=1S/C19H13F3N2OS/c20-19(21,22)26-12-15(13-6-2-1-3-7-13)18(25)24-16-10-4-8-14-9-5-11-23-17(14)16/h1-12H,(H,24,25)/b15-12+. The molecular formula is C19H13F3N2OS. The van der Waals surface area contributed by atoms with Crippen LogP contribution in [0.5, 0.6) is 0 Å². The van der Waals surface area contributed by atoms with Crippen molar-refractivity contribution < 1.29 is 18.0 Å². The number of carbonyl (C=O) groups is 1. The van der Waals surface area contributed by atoms with Crippen molar-refractivity contribution in [1.82, 2.24) is 4.98 Å². The molecule has 0 saturated heterocycles. The summed E-state index contributed by atoms with van der Waals surface area (Å²) >= 11 is -0.359. The molecule has 0 aliphatic carbocycles. The van der Waals surface area contributed by atoms with Crippen molar-refractivity contribution in [1.29, 1.82) is 0 Å². The quantitative estimate of drug-likeness (QED) is 0.616. The molecule has 7 heteroatoms. The van der Waals surface area contributed by atoms with Gasteiger partial charge < -0.3 is 5.32 Å². The number of amides is 1. The Labute approximate surface area is 151 Å². The Hall–Kier alpha value is -2.80. The van der Waals surface area contributed by atoms with Gasteiger partial charge in [0.05, 0.1) is 16.8 Å². The number of carbonyl (C=O) groups excluding carboxylic acids is 1. The number of benzene rings is 2. The zero-order valence-corrected chi connectivity index (χ0v) is 14.1. The SMILES string of the molecule is O=C(Nc1cccc2cccnc12)/C(=C/SC(F)(F)F)c1ccccc1. The summed E-state index contributed by atoms with van der Waals surface area (Å²) in [7, 11) is 0. The van der Waals surface area contributed by atoms with Gasteiger partial charge >= 0.3 is 5.51 Å². The Morgan fingerprint density at radius 2 is 1.73 bits per heavy atom. The van der Waals surface area contributed by atoms with Crippen molar-refractivity contribution in [2.45, 2.75) is 5.51 Å². The molecule has 0 bridgehead atoms. The van der Waals surface area contributed by atoms with E-state index in [4.69, 9.17) is 0 Å². The Kier molecular flexibility index (Phi) is 5.27. The van der Waals surface area contributed by atoms with Gasteiger partial charge in [0, 0.05) is 11.6 Å². The number of nitrogens with one attached hydrogen (secondary N) is 1. The zero-order valence-electron chi connectivity index (χ0n) is 13.3. The maximum atomic E-state index is 12.7. The maximum Gasteiger partial charge on any atom is 0.445 e. The molecule has 2 aromatic carbocycles. The number of para-hydroxylation sites is 1. The molecule has 0 aliphatic rings. The lowest BCUT2D eigenvalue weighted by Crippen LogP contribution is -2.14. The van der Waals surface area contributed by atoms with E-state index in [2.05, 4.69) is 10.3 Å². The van der Waals surface area contributed by atoms with E-state index in [-0.39, 0.29) is 17.3 Å². The largest absolute Gasteiger partial charge is 0.445 e. The van der Waals surface area contributed by atoms with Gasteiger partial charge in [-0.25, -0.2) is 0 Å². The highest BCUT2D eigenvalue weighted by Crippen LogP contribution is 2.34. The number of hydrogen-bond acceptors (Lipinski definition) is 3.